The number of amides is 1. The average molecular weight is 339 g/mol. The highest BCUT2D eigenvalue weighted by Gasteiger charge is 2.33. The number of benzene rings is 1. The van der Waals surface area contributed by atoms with Crippen molar-refractivity contribution in [3.05, 3.63) is 23.5 Å². The average Bonchev–Trinajstić information content (AvgIpc) is 2.51. The number of nitrogens with two attached hydrogens (primary N) is 1. The summed E-state index contributed by atoms with van der Waals surface area (Å²) in [5, 5.41) is 12.4. The van der Waals surface area contributed by atoms with Gasteiger partial charge in [0.05, 0.1) is 12.6 Å². The molecule has 1 aliphatic heterocycles. The Balaban J connectivity index is 2.50. The van der Waals surface area contributed by atoms with Crippen LogP contribution in [-0.4, -0.2) is 49.9 Å². The number of halogens is 1. The number of carbonyl (C=O) groups excluding carboxylic acids is 1. The van der Waals surface area contributed by atoms with Crippen molar-refractivity contribution in [2.45, 2.75) is 32.4 Å². The number of rotatable bonds is 5. The Morgan fingerprint density at radius 1 is 1.50 bits per heavy atom. The molecule has 4 N–H and O–H groups in total. The van der Waals surface area contributed by atoms with Crippen LogP contribution < -0.4 is 20.7 Å². The molecule has 24 heavy (non-hydrogen) atoms. The van der Waals surface area contributed by atoms with Crippen LogP contribution in [0, 0.1) is 11.7 Å². The Hall–Kier alpha value is -1.86. The molecule has 0 unspecified atom stereocenters. The van der Waals surface area contributed by atoms with Crippen LogP contribution in [0.1, 0.15) is 19.4 Å². The van der Waals surface area contributed by atoms with Gasteiger partial charge in [0, 0.05) is 25.3 Å². The molecule has 1 aromatic carbocycles. The van der Waals surface area contributed by atoms with Crippen molar-refractivity contribution >= 4 is 11.6 Å². The first-order chi connectivity index (χ1) is 11.4. The molecule has 1 aliphatic rings. The molecule has 1 heterocycles. The highest BCUT2D eigenvalue weighted by Crippen LogP contribution is 2.33. The van der Waals surface area contributed by atoms with E-state index < -0.39 is 17.9 Å². The Morgan fingerprint density at radius 2 is 2.21 bits per heavy atom. The Labute approximate surface area is 141 Å². The van der Waals surface area contributed by atoms with Gasteiger partial charge in [0.1, 0.15) is 12.6 Å². The van der Waals surface area contributed by atoms with Crippen molar-refractivity contribution in [2.75, 3.05) is 31.7 Å². The van der Waals surface area contributed by atoms with E-state index in [2.05, 4.69) is 5.32 Å². The molecule has 0 radical (unpaired) electrons. The molecule has 7 heteroatoms. The molecule has 6 nitrogen and oxygen atoms in total. The third-order valence-electron chi connectivity index (χ3n) is 4.24. The van der Waals surface area contributed by atoms with Crippen molar-refractivity contribution in [1.82, 2.24) is 5.32 Å². The number of fused-ring (bicyclic) bond motifs is 1. The van der Waals surface area contributed by atoms with Gasteiger partial charge in [-0.05, 0) is 24.0 Å². The monoisotopic (exact) mass is 339 g/mol. The molecule has 0 fully saturated rings. The number of nitrogens with zero attached hydrogens (tertiary/aromatic N) is 1. The van der Waals surface area contributed by atoms with E-state index in [1.807, 2.05) is 25.8 Å². The summed E-state index contributed by atoms with van der Waals surface area (Å²) in [6.45, 7) is 4.20. The summed E-state index contributed by atoms with van der Waals surface area (Å²) in [5.41, 5.74) is 6.87. The third-order valence-corrected chi connectivity index (χ3v) is 4.24. The predicted molar refractivity (Wildman–Crippen MR) is 90.7 cm³/mol. The van der Waals surface area contributed by atoms with Crippen LogP contribution in [0.2, 0.25) is 0 Å². The smallest absolute Gasteiger partial charge is 0.243 e. The van der Waals surface area contributed by atoms with Gasteiger partial charge in [0.2, 0.25) is 5.91 Å². The number of hydrogen-bond acceptors (Lipinski definition) is 5. The van der Waals surface area contributed by atoms with Gasteiger partial charge >= 0.3 is 0 Å². The molecule has 134 valence electrons. The molecule has 1 aromatic rings. The summed E-state index contributed by atoms with van der Waals surface area (Å²) in [4.78, 5) is 14.4. The molecular weight excluding hydrogens is 313 g/mol. The molecule has 1 amide bonds. The van der Waals surface area contributed by atoms with Gasteiger partial charge in [-0.15, -0.1) is 0 Å². The number of aliphatic hydroxyl groups excluding tert-OH is 1. The summed E-state index contributed by atoms with van der Waals surface area (Å²) in [5.74, 6) is -0.458. The fraction of sp³-hybridized carbons (Fsp3) is 0.588. The molecule has 0 saturated carbocycles. The summed E-state index contributed by atoms with van der Waals surface area (Å²) in [6.07, 6.45) is 0.348. The largest absolute Gasteiger partial charge is 0.489 e. The van der Waals surface area contributed by atoms with Crippen LogP contribution in [-0.2, 0) is 11.2 Å². The Kier molecular flexibility index (Phi) is 6.01. The van der Waals surface area contributed by atoms with E-state index in [1.54, 1.807) is 6.07 Å². The van der Waals surface area contributed by atoms with Crippen molar-refractivity contribution in [2.24, 2.45) is 11.7 Å². The van der Waals surface area contributed by atoms with Gasteiger partial charge in [-0.2, -0.15) is 0 Å². The number of anilines is 1. The maximum Gasteiger partial charge on any atom is 0.243 e. The maximum atomic E-state index is 14.3. The second-order valence-corrected chi connectivity index (χ2v) is 6.44. The quantitative estimate of drug-likeness (QED) is 0.733. The zero-order chi connectivity index (χ0) is 17.9. The Morgan fingerprint density at radius 3 is 2.79 bits per heavy atom. The number of ether oxygens (including phenoxy) is 1. The number of carbonyl (C=O) groups is 1. The number of aliphatic hydroxyl groups is 1. The van der Waals surface area contributed by atoms with Crippen LogP contribution in [0.3, 0.4) is 0 Å². The number of likely N-dealkylation sites (N-methyl/N-ethyl adjacent to an activating group) is 1. The summed E-state index contributed by atoms with van der Waals surface area (Å²) < 4.78 is 19.7. The lowest BCUT2D eigenvalue weighted by Gasteiger charge is -2.37. The molecule has 0 aliphatic carbocycles. The van der Waals surface area contributed by atoms with Crippen molar-refractivity contribution in [1.29, 1.82) is 0 Å². The van der Waals surface area contributed by atoms with Gasteiger partial charge in [-0.1, -0.05) is 13.8 Å². The Bertz CT molecular complexity index is 595. The summed E-state index contributed by atoms with van der Waals surface area (Å²) in [7, 11) is 1.81. The van der Waals surface area contributed by atoms with Crippen molar-refractivity contribution < 1.29 is 19.0 Å². The van der Waals surface area contributed by atoms with Gasteiger partial charge in [0.25, 0.3) is 0 Å². The highest BCUT2D eigenvalue weighted by molar-refractivity contribution is 5.86. The lowest BCUT2D eigenvalue weighted by atomic mass is 9.95. The van der Waals surface area contributed by atoms with Crippen LogP contribution >= 0.6 is 0 Å². The molecule has 0 saturated heterocycles. The van der Waals surface area contributed by atoms with Crippen molar-refractivity contribution in [3.63, 3.8) is 0 Å². The minimum absolute atomic E-state index is 0.0405. The first-order valence-electron chi connectivity index (χ1n) is 8.18. The standard InChI is InChI=1S/C17H26FN3O3/c1-10(2)16-17(23)20-12(9-22)6-11-7-13(18)15(24-5-4-19)8-14(11)21(16)3/h7-8,10,12,16,22H,4-6,9,19H2,1-3H3,(H,20,23)/t12-,16-/m0/s1. The van der Waals surface area contributed by atoms with Crippen LogP contribution in [0.5, 0.6) is 5.75 Å². The van der Waals surface area contributed by atoms with Crippen LogP contribution in [0.15, 0.2) is 12.1 Å². The lowest BCUT2D eigenvalue weighted by Crippen LogP contribution is -2.54. The minimum Gasteiger partial charge on any atom is -0.489 e. The van der Waals surface area contributed by atoms with Gasteiger partial charge in [-0.25, -0.2) is 4.39 Å². The SMILES string of the molecule is CC(C)[C@H]1C(=O)N[C@H](CO)Cc2cc(F)c(OCCN)cc2N1C. The topological polar surface area (TPSA) is 87.8 Å². The second kappa shape index (κ2) is 7.81. The van der Waals surface area contributed by atoms with E-state index in [1.165, 1.54) is 6.07 Å². The van der Waals surface area contributed by atoms with Gasteiger partial charge in [-0.3, -0.25) is 4.79 Å². The zero-order valence-corrected chi connectivity index (χ0v) is 14.4. The highest BCUT2D eigenvalue weighted by atomic mass is 19.1. The maximum absolute atomic E-state index is 14.3. The molecule has 0 bridgehead atoms. The molecule has 0 aromatic heterocycles. The molecular formula is C17H26FN3O3. The van der Waals surface area contributed by atoms with Gasteiger partial charge < -0.3 is 25.8 Å². The second-order valence-electron chi connectivity index (χ2n) is 6.44. The van der Waals surface area contributed by atoms with E-state index in [-0.39, 0.29) is 37.3 Å². The third kappa shape index (κ3) is 3.79. The summed E-state index contributed by atoms with van der Waals surface area (Å²) in [6, 6.07) is 2.16. The van der Waals surface area contributed by atoms with Crippen LogP contribution in [0.25, 0.3) is 0 Å². The van der Waals surface area contributed by atoms with Gasteiger partial charge in [0.15, 0.2) is 11.6 Å². The number of nitrogens with one attached hydrogen (secondary N) is 1. The predicted octanol–water partition coefficient (Wildman–Crippen LogP) is 0.657. The van der Waals surface area contributed by atoms with E-state index in [4.69, 9.17) is 10.5 Å². The van der Waals surface area contributed by atoms with E-state index >= 15 is 0 Å². The molecule has 2 atom stereocenters. The lowest BCUT2D eigenvalue weighted by molar-refractivity contribution is -0.124. The van der Waals surface area contributed by atoms with Crippen molar-refractivity contribution in [3.8, 4) is 5.75 Å². The normalized spacial score (nSPS) is 21.1. The summed E-state index contributed by atoms with van der Waals surface area (Å²) >= 11 is 0. The van der Waals surface area contributed by atoms with E-state index in [0.29, 0.717) is 6.42 Å². The molecule has 2 rings (SSSR count). The minimum atomic E-state index is -0.472. The fourth-order valence-corrected chi connectivity index (χ4v) is 3.14. The fourth-order valence-electron chi connectivity index (χ4n) is 3.14. The number of hydrogen-bond donors (Lipinski definition) is 3. The van der Waals surface area contributed by atoms with E-state index in [0.717, 1.165) is 11.3 Å². The van der Waals surface area contributed by atoms with Crippen LogP contribution in [0.4, 0.5) is 10.1 Å². The van der Waals surface area contributed by atoms with E-state index in [9.17, 15) is 14.3 Å². The zero-order valence-electron chi connectivity index (χ0n) is 14.4. The first-order valence-corrected chi connectivity index (χ1v) is 8.18. The first kappa shape index (κ1) is 18.5. The molecule has 0 spiro atoms.